The van der Waals surface area contributed by atoms with Crippen LogP contribution in [0.25, 0.3) is 0 Å². The van der Waals surface area contributed by atoms with Crippen LogP contribution in [0.3, 0.4) is 0 Å². The highest BCUT2D eigenvalue weighted by molar-refractivity contribution is 5.71. The van der Waals surface area contributed by atoms with Crippen molar-refractivity contribution in [1.82, 2.24) is 0 Å². The van der Waals surface area contributed by atoms with Crippen LogP contribution >= 0.6 is 0 Å². The number of rotatable bonds is 57. The van der Waals surface area contributed by atoms with Gasteiger partial charge in [0.25, 0.3) is 0 Å². The summed E-state index contributed by atoms with van der Waals surface area (Å²) in [5.41, 5.74) is 0. The van der Waals surface area contributed by atoms with Gasteiger partial charge in [-0.1, -0.05) is 281 Å². The van der Waals surface area contributed by atoms with Gasteiger partial charge in [-0.3, -0.25) is 14.4 Å². The predicted octanol–water partition coefficient (Wildman–Crippen LogP) is 21.0. The summed E-state index contributed by atoms with van der Waals surface area (Å²) < 4.78 is 16.9. The molecular weight excluding hydrogens is 877 g/mol. The van der Waals surface area contributed by atoms with Gasteiger partial charge in [0, 0.05) is 19.3 Å². The summed E-state index contributed by atoms with van der Waals surface area (Å²) in [5, 5.41) is 0. The standard InChI is InChI=1S/C65H118O6/c1-4-7-10-13-16-19-22-24-26-28-30-31-32-33-34-35-36-38-39-41-43-46-49-52-55-58-64(67)70-61-62(60-69-63(66)57-54-51-48-45-21-18-15-12-9-6-3)71-65(68)59-56-53-50-47-44-42-40-37-29-27-25-23-20-17-14-11-8-5-2/h12,15,22,24,28,30,32-33,62H,4-11,13-14,16-21,23,25-27,29,31,34-61H2,1-3H3/b15-12-,24-22-,30-28-,33-32-. The van der Waals surface area contributed by atoms with Crippen molar-refractivity contribution in [3.05, 3.63) is 48.6 Å². The third kappa shape index (κ3) is 58.1. The van der Waals surface area contributed by atoms with E-state index in [1.54, 1.807) is 0 Å². The fourth-order valence-corrected chi connectivity index (χ4v) is 9.10. The lowest BCUT2D eigenvalue weighted by Crippen LogP contribution is -2.30. The summed E-state index contributed by atoms with van der Waals surface area (Å²) in [6, 6.07) is 0. The molecule has 1 unspecified atom stereocenters. The zero-order valence-corrected chi connectivity index (χ0v) is 47.5. The molecule has 0 N–H and O–H groups in total. The number of allylic oxidation sites excluding steroid dienone is 8. The van der Waals surface area contributed by atoms with Gasteiger partial charge in [-0.15, -0.1) is 0 Å². The van der Waals surface area contributed by atoms with Crippen molar-refractivity contribution in [1.29, 1.82) is 0 Å². The Morgan fingerprint density at radius 2 is 0.535 bits per heavy atom. The average molecular weight is 996 g/mol. The molecule has 0 aliphatic carbocycles. The Kier molecular flexibility index (Phi) is 57.7. The lowest BCUT2D eigenvalue weighted by molar-refractivity contribution is -0.167. The number of unbranched alkanes of at least 4 members (excludes halogenated alkanes) is 38. The third-order valence-electron chi connectivity index (χ3n) is 13.8. The molecule has 0 fully saturated rings. The fraction of sp³-hybridized carbons (Fsp3) is 0.831. The minimum atomic E-state index is -0.775. The van der Waals surface area contributed by atoms with Crippen LogP contribution in [0.15, 0.2) is 48.6 Å². The number of esters is 3. The van der Waals surface area contributed by atoms with Crippen LogP contribution in [0.4, 0.5) is 0 Å². The Morgan fingerprint density at radius 1 is 0.282 bits per heavy atom. The predicted molar refractivity (Wildman–Crippen MR) is 307 cm³/mol. The topological polar surface area (TPSA) is 78.9 Å². The lowest BCUT2D eigenvalue weighted by Gasteiger charge is -2.18. The first-order valence-electron chi connectivity index (χ1n) is 31.1. The molecule has 0 aromatic carbocycles. The zero-order valence-electron chi connectivity index (χ0n) is 47.5. The Morgan fingerprint density at radius 3 is 0.859 bits per heavy atom. The van der Waals surface area contributed by atoms with Crippen molar-refractivity contribution < 1.29 is 28.6 Å². The van der Waals surface area contributed by atoms with Crippen LogP contribution in [-0.4, -0.2) is 37.2 Å². The molecule has 71 heavy (non-hydrogen) atoms. The molecule has 414 valence electrons. The fourth-order valence-electron chi connectivity index (χ4n) is 9.10. The van der Waals surface area contributed by atoms with E-state index >= 15 is 0 Å². The Balaban J connectivity index is 4.22. The molecule has 0 bridgehead atoms. The van der Waals surface area contributed by atoms with Crippen molar-refractivity contribution >= 4 is 17.9 Å². The quantitative estimate of drug-likeness (QED) is 0.0261. The van der Waals surface area contributed by atoms with Gasteiger partial charge in [-0.25, -0.2) is 0 Å². The largest absolute Gasteiger partial charge is 0.462 e. The summed E-state index contributed by atoms with van der Waals surface area (Å²) in [7, 11) is 0. The molecule has 0 aromatic rings. The molecule has 1 atom stereocenters. The molecule has 0 spiro atoms. The second-order valence-electron chi connectivity index (χ2n) is 21.0. The van der Waals surface area contributed by atoms with Gasteiger partial charge in [-0.05, 0) is 77.0 Å². The molecule has 0 rings (SSSR count). The van der Waals surface area contributed by atoms with Crippen LogP contribution in [0.2, 0.25) is 0 Å². The number of hydrogen-bond donors (Lipinski definition) is 0. The van der Waals surface area contributed by atoms with E-state index in [4.69, 9.17) is 14.2 Å². The monoisotopic (exact) mass is 995 g/mol. The minimum Gasteiger partial charge on any atom is -0.462 e. The van der Waals surface area contributed by atoms with Crippen molar-refractivity contribution in [2.75, 3.05) is 13.2 Å². The normalized spacial score (nSPS) is 12.3. The average Bonchev–Trinajstić information content (AvgIpc) is 3.37. The summed E-state index contributed by atoms with van der Waals surface area (Å²) in [5.74, 6) is -0.871. The Hall–Kier alpha value is -2.63. The highest BCUT2D eigenvalue weighted by Crippen LogP contribution is 2.17. The van der Waals surface area contributed by atoms with Crippen LogP contribution < -0.4 is 0 Å². The molecule has 0 amide bonds. The van der Waals surface area contributed by atoms with E-state index in [0.717, 1.165) is 83.5 Å². The number of carbonyl (C=O) groups is 3. The first kappa shape index (κ1) is 68.4. The highest BCUT2D eigenvalue weighted by Gasteiger charge is 2.19. The van der Waals surface area contributed by atoms with Crippen LogP contribution in [0.1, 0.15) is 329 Å². The smallest absolute Gasteiger partial charge is 0.306 e. The van der Waals surface area contributed by atoms with Crippen LogP contribution in [0, 0.1) is 0 Å². The van der Waals surface area contributed by atoms with Gasteiger partial charge < -0.3 is 14.2 Å². The SMILES string of the molecule is CCC/C=C\CCCCCCCC(=O)OCC(COC(=O)CCCCCCCCCCCC/C=C\C/C=C\C/C=C\CCCCCCC)OC(=O)CCCCCCCCCCCCCCCCCCCC. The van der Waals surface area contributed by atoms with Crippen molar-refractivity contribution in [3.63, 3.8) is 0 Å². The van der Waals surface area contributed by atoms with E-state index in [1.807, 2.05) is 0 Å². The van der Waals surface area contributed by atoms with Gasteiger partial charge in [0.1, 0.15) is 13.2 Å². The van der Waals surface area contributed by atoms with E-state index in [-0.39, 0.29) is 31.1 Å². The van der Waals surface area contributed by atoms with E-state index in [0.29, 0.717) is 19.3 Å². The second kappa shape index (κ2) is 59.9. The van der Waals surface area contributed by atoms with Crippen LogP contribution in [-0.2, 0) is 28.6 Å². The minimum absolute atomic E-state index is 0.0746. The molecule has 6 nitrogen and oxygen atoms in total. The maximum Gasteiger partial charge on any atom is 0.306 e. The molecule has 0 aliphatic heterocycles. The van der Waals surface area contributed by atoms with Gasteiger partial charge >= 0.3 is 17.9 Å². The summed E-state index contributed by atoms with van der Waals surface area (Å²) in [6.45, 7) is 6.60. The molecule has 0 heterocycles. The molecule has 0 saturated carbocycles. The molecular formula is C65H118O6. The van der Waals surface area contributed by atoms with Crippen molar-refractivity contribution in [2.24, 2.45) is 0 Å². The number of hydrogen-bond acceptors (Lipinski definition) is 6. The Labute approximate surface area is 441 Å². The maximum absolute atomic E-state index is 12.9. The lowest BCUT2D eigenvalue weighted by atomic mass is 10.0. The third-order valence-corrected chi connectivity index (χ3v) is 13.8. The first-order chi connectivity index (χ1) is 35.0. The zero-order chi connectivity index (χ0) is 51.4. The van der Waals surface area contributed by atoms with E-state index in [9.17, 15) is 14.4 Å². The van der Waals surface area contributed by atoms with Gasteiger partial charge in [0.15, 0.2) is 6.10 Å². The highest BCUT2D eigenvalue weighted by atomic mass is 16.6. The summed E-state index contributed by atoms with van der Waals surface area (Å²) >= 11 is 0. The Bertz CT molecular complexity index is 1230. The number of carbonyl (C=O) groups excluding carboxylic acids is 3. The molecule has 0 radical (unpaired) electrons. The van der Waals surface area contributed by atoms with E-state index in [2.05, 4.69) is 69.4 Å². The van der Waals surface area contributed by atoms with E-state index in [1.165, 1.54) is 205 Å². The van der Waals surface area contributed by atoms with Gasteiger partial charge in [-0.2, -0.15) is 0 Å². The molecule has 0 aromatic heterocycles. The molecule has 6 heteroatoms. The summed E-state index contributed by atoms with van der Waals surface area (Å²) in [6.07, 6.45) is 74.1. The van der Waals surface area contributed by atoms with Gasteiger partial charge in [0.2, 0.25) is 0 Å². The first-order valence-corrected chi connectivity index (χ1v) is 31.1. The van der Waals surface area contributed by atoms with Crippen molar-refractivity contribution in [3.8, 4) is 0 Å². The van der Waals surface area contributed by atoms with Crippen molar-refractivity contribution in [2.45, 2.75) is 335 Å². The summed E-state index contributed by atoms with van der Waals surface area (Å²) in [4.78, 5) is 38.2. The van der Waals surface area contributed by atoms with E-state index < -0.39 is 6.10 Å². The van der Waals surface area contributed by atoms with Gasteiger partial charge in [0.05, 0.1) is 0 Å². The number of ether oxygens (including phenoxy) is 3. The second-order valence-corrected chi connectivity index (χ2v) is 21.0. The van der Waals surface area contributed by atoms with Crippen LogP contribution in [0.5, 0.6) is 0 Å². The maximum atomic E-state index is 12.9. The molecule has 0 aliphatic rings. The molecule has 0 saturated heterocycles.